The van der Waals surface area contributed by atoms with Gasteiger partial charge in [-0.1, -0.05) is 6.07 Å². The molecule has 130 valence electrons. The molecule has 0 spiro atoms. The van der Waals surface area contributed by atoms with Crippen LogP contribution in [0.4, 0.5) is 0 Å². The van der Waals surface area contributed by atoms with Gasteiger partial charge >= 0.3 is 5.97 Å². The Labute approximate surface area is 141 Å². The van der Waals surface area contributed by atoms with Gasteiger partial charge in [0.15, 0.2) is 11.5 Å². The molecule has 3 rings (SSSR count). The highest BCUT2D eigenvalue weighted by atomic mass is 16.6. The van der Waals surface area contributed by atoms with Crippen LogP contribution in [0.25, 0.3) is 0 Å². The SMILES string of the molecule is CC1(C(=O)O)CCN(C(=O)C(C)(C)c2ccc3c(c2)OCCO3)C1. The number of ether oxygens (including phenoxy) is 2. The Morgan fingerprint density at radius 2 is 1.88 bits per heavy atom. The minimum absolute atomic E-state index is 0.0656. The molecule has 1 unspecified atom stereocenters. The van der Waals surface area contributed by atoms with E-state index >= 15 is 0 Å². The van der Waals surface area contributed by atoms with Crippen molar-refractivity contribution in [2.75, 3.05) is 26.3 Å². The Morgan fingerprint density at radius 3 is 2.50 bits per heavy atom. The van der Waals surface area contributed by atoms with E-state index < -0.39 is 16.8 Å². The van der Waals surface area contributed by atoms with Crippen molar-refractivity contribution in [3.63, 3.8) is 0 Å². The number of rotatable bonds is 3. The number of carboxylic acid groups (broad SMARTS) is 1. The number of carboxylic acids is 1. The largest absolute Gasteiger partial charge is 0.486 e. The van der Waals surface area contributed by atoms with Crippen LogP contribution in [0.5, 0.6) is 11.5 Å². The summed E-state index contributed by atoms with van der Waals surface area (Å²) in [6, 6.07) is 5.54. The molecule has 1 fully saturated rings. The maximum atomic E-state index is 13.0. The molecule has 1 N–H and O–H groups in total. The number of carbonyl (C=O) groups is 2. The summed E-state index contributed by atoms with van der Waals surface area (Å²) < 4.78 is 11.1. The first-order chi connectivity index (χ1) is 11.2. The highest BCUT2D eigenvalue weighted by molar-refractivity contribution is 5.89. The first-order valence-electron chi connectivity index (χ1n) is 8.17. The molecule has 1 amide bonds. The number of likely N-dealkylation sites (tertiary alicyclic amines) is 1. The van der Waals surface area contributed by atoms with Crippen LogP contribution >= 0.6 is 0 Å². The molecule has 24 heavy (non-hydrogen) atoms. The lowest BCUT2D eigenvalue weighted by atomic mass is 9.82. The van der Waals surface area contributed by atoms with Gasteiger partial charge in [0.1, 0.15) is 13.2 Å². The zero-order valence-electron chi connectivity index (χ0n) is 14.3. The van der Waals surface area contributed by atoms with E-state index in [0.29, 0.717) is 37.7 Å². The summed E-state index contributed by atoms with van der Waals surface area (Å²) in [5, 5.41) is 9.36. The van der Waals surface area contributed by atoms with Crippen LogP contribution in [0.2, 0.25) is 0 Å². The molecule has 0 aromatic heterocycles. The fourth-order valence-electron chi connectivity index (χ4n) is 3.26. The zero-order chi connectivity index (χ0) is 17.5. The highest BCUT2D eigenvalue weighted by Gasteiger charge is 2.45. The summed E-state index contributed by atoms with van der Waals surface area (Å²) >= 11 is 0. The minimum Gasteiger partial charge on any atom is -0.486 e. The Balaban J connectivity index is 1.82. The molecule has 2 aliphatic rings. The van der Waals surface area contributed by atoms with Crippen molar-refractivity contribution in [2.45, 2.75) is 32.6 Å². The summed E-state index contributed by atoms with van der Waals surface area (Å²) in [5.74, 6) is 0.420. The molecule has 2 heterocycles. The molecule has 0 bridgehead atoms. The standard InChI is InChI=1S/C18H23NO5/c1-17(2,12-4-5-13-14(10-12)24-9-8-23-13)15(20)19-7-6-18(3,11-19)16(21)22/h4-5,10H,6-9,11H2,1-3H3,(H,21,22). The molecule has 6 heteroatoms. The van der Waals surface area contributed by atoms with Crippen LogP contribution in [0.3, 0.4) is 0 Å². The van der Waals surface area contributed by atoms with Gasteiger partial charge in [0.05, 0.1) is 10.8 Å². The molecule has 0 saturated carbocycles. The smallest absolute Gasteiger partial charge is 0.311 e. The first kappa shape index (κ1) is 16.6. The summed E-state index contributed by atoms with van der Waals surface area (Å²) in [7, 11) is 0. The molecule has 0 aliphatic carbocycles. The van der Waals surface area contributed by atoms with Gasteiger partial charge in [-0.15, -0.1) is 0 Å². The lowest BCUT2D eigenvalue weighted by Gasteiger charge is -2.31. The molecule has 0 radical (unpaired) electrons. The van der Waals surface area contributed by atoms with Crippen molar-refractivity contribution in [3.05, 3.63) is 23.8 Å². The molecule has 1 aromatic carbocycles. The van der Waals surface area contributed by atoms with E-state index in [4.69, 9.17) is 9.47 Å². The molecule has 6 nitrogen and oxygen atoms in total. The average Bonchev–Trinajstić information content (AvgIpc) is 2.97. The highest BCUT2D eigenvalue weighted by Crippen LogP contribution is 2.38. The fourth-order valence-corrected chi connectivity index (χ4v) is 3.26. The quantitative estimate of drug-likeness (QED) is 0.916. The van der Waals surface area contributed by atoms with E-state index in [-0.39, 0.29) is 12.5 Å². The monoisotopic (exact) mass is 333 g/mol. The number of hydrogen-bond acceptors (Lipinski definition) is 4. The second-order valence-electron chi connectivity index (χ2n) is 7.33. The maximum Gasteiger partial charge on any atom is 0.311 e. The van der Waals surface area contributed by atoms with Crippen LogP contribution in [0.1, 0.15) is 32.8 Å². The van der Waals surface area contributed by atoms with E-state index in [0.717, 1.165) is 5.56 Å². The third-order valence-electron chi connectivity index (χ3n) is 5.08. The minimum atomic E-state index is -0.863. The third kappa shape index (κ3) is 2.70. The summed E-state index contributed by atoms with van der Waals surface area (Å²) in [4.78, 5) is 26.1. The van der Waals surface area contributed by atoms with Crippen LogP contribution < -0.4 is 9.47 Å². The number of carbonyl (C=O) groups excluding carboxylic acids is 1. The fraction of sp³-hybridized carbons (Fsp3) is 0.556. The van der Waals surface area contributed by atoms with E-state index in [2.05, 4.69) is 0 Å². The van der Waals surface area contributed by atoms with E-state index in [9.17, 15) is 14.7 Å². The number of aliphatic carboxylic acids is 1. The number of benzene rings is 1. The lowest BCUT2D eigenvalue weighted by molar-refractivity contribution is -0.147. The van der Waals surface area contributed by atoms with Crippen LogP contribution in [0, 0.1) is 5.41 Å². The van der Waals surface area contributed by atoms with Crippen molar-refractivity contribution in [3.8, 4) is 11.5 Å². The van der Waals surface area contributed by atoms with Gasteiger partial charge in [0.2, 0.25) is 5.91 Å². The second kappa shape index (κ2) is 5.69. The summed E-state index contributed by atoms with van der Waals surface area (Å²) in [6.45, 7) is 7.14. The van der Waals surface area contributed by atoms with E-state index in [1.807, 2.05) is 32.0 Å². The van der Waals surface area contributed by atoms with Crippen molar-refractivity contribution < 1.29 is 24.2 Å². The first-order valence-corrected chi connectivity index (χ1v) is 8.17. The predicted molar refractivity (Wildman–Crippen MR) is 87.4 cm³/mol. The molecule has 1 atom stereocenters. The van der Waals surface area contributed by atoms with Crippen LogP contribution in [-0.4, -0.2) is 48.2 Å². The van der Waals surface area contributed by atoms with Gasteiger partial charge < -0.3 is 19.5 Å². The Morgan fingerprint density at radius 1 is 1.21 bits per heavy atom. The van der Waals surface area contributed by atoms with Gasteiger partial charge in [-0.25, -0.2) is 0 Å². The van der Waals surface area contributed by atoms with E-state index in [1.165, 1.54) is 0 Å². The van der Waals surface area contributed by atoms with Crippen molar-refractivity contribution in [1.82, 2.24) is 4.90 Å². The number of amides is 1. The van der Waals surface area contributed by atoms with Gasteiger partial charge in [-0.05, 0) is 44.9 Å². The second-order valence-corrected chi connectivity index (χ2v) is 7.33. The molecule has 1 saturated heterocycles. The summed E-state index contributed by atoms with van der Waals surface area (Å²) in [6.07, 6.45) is 0.477. The molecule has 1 aromatic rings. The van der Waals surface area contributed by atoms with Gasteiger partial charge in [-0.2, -0.15) is 0 Å². The summed E-state index contributed by atoms with van der Waals surface area (Å²) in [5.41, 5.74) is -0.793. The Hall–Kier alpha value is -2.24. The molecular formula is C18H23NO5. The lowest BCUT2D eigenvalue weighted by Crippen LogP contribution is -2.44. The molecular weight excluding hydrogens is 310 g/mol. The van der Waals surface area contributed by atoms with Crippen molar-refractivity contribution in [2.24, 2.45) is 5.41 Å². The number of fused-ring (bicyclic) bond motifs is 1. The molecule has 2 aliphatic heterocycles. The van der Waals surface area contributed by atoms with E-state index in [1.54, 1.807) is 11.8 Å². The van der Waals surface area contributed by atoms with Crippen LogP contribution in [0.15, 0.2) is 18.2 Å². The topological polar surface area (TPSA) is 76.1 Å². The Kier molecular flexibility index (Phi) is 3.94. The van der Waals surface area contributed by atoms with Gasteiger partial charge in [0, 0.05) is 13.1 Å². The van der Waals surface area contributed by atoms with Crippen molar-refractivity contribution >= 4 is 11.9 Å². The van der Waals surface area contributed by atoms with Gasteiger partial charge in [-0.3, -0.25) is 9.59 Å². The predicted octanol–water partition coefficient (Wildman–Crippen LogP) is 2.06. The van der Waals surface area contributed by atoms with Crippen molar-refractivity contribution in [1.29, 1.82) is 0 Å². The third-order valence-corrected chi connectivity index (χ3v) is 5.08. The van der Waals surface area contributed by atoms with Crippen LogP contribution in [-0.2, 0) is 15.0 Å². The Bertz CT molecular complexity index is 684. The number of nitrogens with zero attached hydrogens (tertiary/aromatic N) is 1. The zero-order valence-corrected chi connectivity index (χ0v) is 14.3. The normalized spacial score (nSPS) is 23.2. The average molecular weight is 333 g/mol. The maximum absolute atomic E-state index is 13.0. The van der Waals surface area contributed by atoms with Gasteiger partial charge in [0.25, 0.3) is 0 Å². The number of hydrogen-bond donors (Lipinski definition) is 1.